The van der Waals surface area contributed by atoms with Crippen molar-refractivity contribution in [3.05, 3.63) is 90.3 Å². The van der Waals surface area contributed by atoms with E-state index in [0.717, 1.165) is 56.9 Å². The zero-order valence-corrected chi connectivity index (χ0v) is 21.0. The van der Waals surface area contributed by atoms with Crippen LogP contribution in [0.15, 0.2) is 67.3 Å². The Hall–Kier alpha value is -3.01. The highest BCUT2D eigenvalue weighted by Crippen LogP contribution is 2.38. The average molecular weight is 493 g/mol. The highest BCUT2D eigenvalue weighted by molar-refractivity contribution is 5.71. The topological polar surface area (TPSA) is 9.23 Å². The number of allylic oxidation sites excluding steroid dienone is 1. The maximum Gasteiger partial charge on any atom is 0.201 e. The highest BCUT2D eigenvalue weighted by atomic mass is 19.2. The van der Waals surface area contributed by atoms with Crippen molar-refractivity contribution in [2.75, 3.05) is 6.61 Å². The van der Waals surface area contributed by atoms with Gasteiger partial charge in [0.1, 0.15) is 5.82 Å². The third-order valence-corrected chi connectivity index (χ3v) is 7.38. The first kappa shape index (κ1) is 26.1. The summed E-state index contributed by atoms with van der Waals surface area (Å²) in [6, 6.07) is 15.4. The van der Waals surface area contributed by atoms with Gasteiger partial charge in [-0.05, 0) is 78.8 Å². The Balaban J connectivity index is 1.45. The molecule has 0 saturated heterocycles. The zero-order valence-electron chi connectivity index (χ0n) is 21.0. The van der Waals surface area contributed by atoms with Gasteiger partial charge < -0.3 is 4.74 Å². The summed E-state index contributed by atoms with van der Waals surface area (Å²) in [7, 11) is 0. The van der Waals surface area contributed by atoms with Gasteiger partial charge in [-0.3, -0.25) is 0 Å². The zero-order chi connectivity index (χ0) is 25.5. The Bertz CT molecular complexity index is 1160. The number of unbranched alkanes of at least 4 members (excludes halogenated alkanes) is 3. The van der Waals surface area contributed by atoms with Crippen molar-refractivity contribution in [3.8, 4) is 28.0 Å². The molecular weight excluding hydrogens is 457 g/mol. The molecule has 0 aromatic heterocycles. The molecule has 0 aliphatic heterocycles. The summed E-state index contributed by atoms with van der Waals surface area (Å²) in [6.45, 7) is 6.37. The lowest BCUT2D eigenvalue weighted by Crippen LogP contribution is -2.11. The molecule has 0 bridgehead atoms. The van der Waals surface area contributed by atoms with Crippen molar-refractivity contribution in [1.29, 1.82) is 0 Å². The first-order valence-corrected chi connectivity index (χ1v) is 13.2. The second-order valence-corrected chi connectivity index (χ2v) is 9.81. The number of ether oxygens (including phenoxy) is 1. The minimum absolute atomic E-state index is 0.0653. The Labute approximate surface area is 213 Å². The lowest BCUT2D eigenvalue weighted by Gasteiger charge is -2.27. The SMILES string of the molecule is C=CC1CCC(c2ccc(-c3ccc(-c4ccc(OCCCCCC)c(F)c4F)cc3)c(F)c2)CC1. The van der Waals surface area contributed by atoms with Crippen LogP contribution in [-0.4, -0.2) is 6.61 Å². The Morgan fingerprint density at radius 3 is 2.11 bits per heavy atom. The predicted molar refractivity (Wildman–Crippen MR) is 142 cm³/mol. The smallest absolute Gasteiger partial charge is 0.201 e. The first-order valence-electron chi connectivity index (χ1n) is 13.2. The maximum absolute atomic E-state index is 15.0. The van der Waals surface area contributed by atoms with Crippen LogP contribution in [-0.2, 0) is 0 Å². The molecule has 190 valence electrons. The van der Waals surface area contributed by atoms with E-state index in [1.807, 2.05) is 18.2 Å². The van der Waals surface area contributed by atoms with Gasteiger partial charge in [0.25, 0.3) is 0 Å². The van der Waals surface area contributed by atoms with Gasteiger partial charge in [0.2, 0.25) is 5.82 Å². The van der Waals surface area contributed by atoms with E-state index in [2.05, 4.69) is 13.5 Å². The van der Waals surface area contributed by atoms with Gasteiger partial charge in [0, 0.05) is 11.1 Å². The minimum atomic E-state index is -0.976. The third kappa shape index (κ3) is 6.03. The average Bonchev–Trinajstić information content (AvgIpc) is 2.91. The quantitative estimate of drug-likeness (QED) is 0.202. The van der Waals surface area contributed by atoms with Crippen molar-refractivity contribution in [3.63, 3.8) is 0 Å². The molecule has 3 aromatic carbocycles. The summed E-state index contributed by atoms with van der Waals surface area (Å²) in [5.41, 5.74) is 2.93. The van der Waals surface area contributed by atoms with Crippen LogP contribution in [0.4, 0.5) is 13.2 Å². The Morgan fingerprint density at radius 2 is 1.47 bits per heavy atom. The van der Waals surface area contributed by atoms with Crippen molar-refractivity contribution in [1.82, 2.24) is 0 Å². The maximum atomic E-state index is 15.0. The molecule has 0 spiro atoms. The molecule has 1 aliphatic rings. The van der Waals surface area contributed by atoms with Gasteiger partial charge in [-0.1, -0.05) is 68.7 Å². The van der Waals surface area contributed by atoms with Gasteiger partial charge in [-0.25, -0.2) is 8.78 Å². The monoisotopic (exact) mass is 492 g/mol. The second kappa shape index (κ2) is 12.3. The molecule has 36 heavy (non-hydrogen) atoms. The summed E-state index contributed by atoms with van der Waals surface area (Å²) >= 11 is 0. The van der Waals surface area contributed by atoms with E-state index in [1.165, 1.54) is 12.1 Å². The van der Waals surface area contributed by atoms with Crippen molar-refractivity contribution >= 4 is 0 Å². The number of benzene rings is 3. The van der Waals surface area contributed by atoms with E-state index in [9.17, 15) is 8.78 Å². The molecule has 0 unspecified atom stereocenters. The molecule has 0 atom stereocenters. The van der Waals surface area contributed by atoms with Crippen LogP contribution in [0.5, 0.6) is 5.75 Å². The van der Waals surface area contributed by atoms with Crippen LogP contribution in [0.1, 0.15) is 69.8 Å². The van der Waals surface area contributed by atoms with Crippen LogP contribution in [0.2, 0.25) is 0 Å². The summed E-state index contributed by atoms with van der Waals surface area (Å²) in [6.07, 6.45) is 10.3. The van der Waals surface area contributed by atoms with Gasteiger partial charge in [0.15, 0.2) is 11.6 Å². The number of rotatable bonds is 10. The lowest BCUT2D eigenvalue weighted by molar-refractivity contribution is 0.285. The summed E-state index contributed by atoms with van der Waals surface area (Å²) in [4.78, 5) is 0. The lowest BCUT2D eigenvalue weighted by atomic mass is 9.78. The number of halogens is 3. The largest absolute Gasteiger partial charge is 0.490 e. The normalized spacial score (nSPS) is 17.7. The van der Waals surface area contributed by atoms with E-state index in [-0.39, 0.29) is 17.1 Å². The van der Waals surface area contributed by atoms with Gasteiger partial charge in [-0.2, -0.15) is 4.39 Å². The van der Waals surface area contributed by atoms with E-state index >= 15 is 4.39 Å². The van der Waals surface area contributed by atoms with E-state index in [1.54, 1.807) is 30.3 Å². The fraction of sp³-hybridized carbons (Fsp3) is 0.375. The van der Waals surface area contributed by atoms with Gasteiger partial charge in [-0.15, -0.1) is 6.58 Å². The van der Waals surface area contributed by atoms with Crippen molar-refractivity contribution in [2.24, 2.45) is 5.92 Å². The molecule has 4 rings (SSSR count). The van der Waals surface area contributed by atoms with Crippen LogP contribution in [0.3, 0.4) is 0 Å². The van der Waals surface area contributed by atoms with Gasteiger partial charge in [0.05, 0.1) is 6.61 Å². The van der Waals surface area contributed by atoms with Crippen molar-refractivity contribution < 1.29 is 17.9 Å². The summed E-state index contributed by atoms with van der Waals surface area (Å²) in [5.74, 6) is -1.28. The van der Waals surface area contributed by atoms with Crippen LogP contribution in [0, 0.1) is 23.4 Å². The fourth-order valence-corrected chi connectivity index (χ4v) is 5.11. The molecule has 1 nitrogen and oxygen atoms in total. The number of hydrogen-bond donors (Lipinski definition) is 0. The first-order chi connectivity index (χ1) is 17.5. The molecule has 1 aliphatic carbocycles. The van der Waals surface area contributed by atoms with E-state index < -0.39 is 11.6 Å². The molecule has 1 saturated carbocycles. The van der Waals surface area contributed by atoms with Crippen molar-refractivity contribution in [2.45, 2.75) is 64.2 Å². The Kier molecular flexibility index (Phi) is 8.90. The Morgan fingerprint density at radius 1 is 0.806 bits per heavy atom. The molecule has 3 aromatic rings. The molecular formula is C32H35F3O. The molecule has 0 N–H and O–H groups in total. The van der Waals surface area contributed by atoms with Crippen LogP contribution in [0.25, 0.3) is 22.3 Å². The predicted octanol–water partition coefficient (Wildman–Crippen LogP) is 9.86. The highest BCUT2D eigenvalue weighted by Gasteiger charge is 2.22. The summed E-state index contributed by atoms with van der Waals surface area (Å²) in [5, 5.41) is 0. The third-order valence-electron chi connectivity index (χ3n) is 7.38. The van der Waals surface area contributed by atoms with Crippen LogP contribution >= 0.6 is 0 Å². The van der Waals surface area contributed by atoms with Crippen LogP contribution < -0.4 is 4.74 Å². The number of hydrogen-bond acceptors (Lipinski definition) is 1. The van der Waals surface area contributed by atoms with E-state index in [0.29, 0.717) is 35.1 Å². The second-order valence-electron chi connectivity index (χ2n) is 9.81. The standard InChI is InChI=1S/C32H35F3O/c1-3-5-6-7-20-36-30-19-18-28(31(34)32(30)35)25-14-12-24(13-15-25)27-17-16-26(21-29(27)33)23-10-8-22(4-2)9-11-23/h4,12-19,21-23H,2-3,5-11,20H2,1H3. The fourth-order valence-electron chi connectivity index (χ4n) is 5.11. The molecule has 0 amide bonds. The molecule has 1 fully saturated rings. The van der Waals surface area contributed by atoms with Gasteiger partial charge >= 0.3 is 0 Å². The van der Waals surface area contributed by atoms with E-state index in [4.69, 9.17) is 4.74 Å². The molecule has 0 radical (unpaired) electrons. The minimum Gasteiger partial charge on any atom is -0.490 e. The molecule has 0 heterocycles. The molecule has 4 heteroatoms. The summed E-state index contributed by atoms with van der Waals surface area (Å²) < 4.78 is 49.9.